The van der Waals surface area contributed by atoms with Crippen LogP contribution in [0.1, 0.15) is 10.4 Å². The van der Waals surface area contributed by atoms with Gasteiger partial charge in [-0.25, -0.2) is 0 Å². The summed E-state index contributed by atoms with van der Waals surface area (Å²) in [5, 5.41) is 4.21. The number of rotatable bonds is 7. The van der Waals surface area contributed by atoms with Crippen LogP contribution in [0.15, 0.2) is 46.7 Å². The molecule has 0 bridgehead atoms. The first-order valence-corrected chi connectivity index (χ1v) is 9.95. The molecule has 0 spiro atoms. The number of nitrogens with one attached hydrogen (secondary N) is 1. The molecule has 1 aliphatic heterocycles. The quantitative estimate of drug-likeness (QED) is 0.720. The van der Waals surface area contributed by atoms with E-state index in [2.05, 4.69) is 5.32 Å². The van der Waals surface area contributed by atoms with E-state index >= 15 is 0 Å². The third-order valence-electron chi connectivity index (χ3n) is 3.90. The second-order valence-corrected chi connectivity index (χ2v) is 7.67. The highest BCUT2D eigenvalue weighted by atomic mass is 32.2. The lowest BCUT2D eigenvalue weighted by Gasteiger charge is -2.13. The molecule has 140 valence electrons. The lowest BCUT2D eigenvalue weighted by molar-refractivity contribution is -0.129. The Morgan fingerprint density at radius 3 is 2.78 bits per heavy atom. The molecule has 3 amide bonds. The molecule has 27 heavy (non-hydrogen) atoms. The summed E-state index contributed by atoms with van der Waals surface area (Å²) in [6.45, 7) is 0.110. The summed E-state index contributed by atoms with van der Waals surface area (Å²) in [7, 11) is 1.60. The van der Waals surface area contributed by atoms with Crippen molar-refractivity contribution in [2.24, 2.45) is 0 Å². The number of methoxy groups -OCH3 is 1. The van der Waals surface area contributed by atoms with E-state index in [4.69, 9.17) is 4.74 Å². The van der Waals surface area contributed by atoms with Crippen LogP contribution in [0.4, 0.5) is 4.79 Å². The predicted octanol–water partition coefficient (Wildman–Crippen LogP) is 3.15. The maximum absolute atomic E-state index is 12.4. The predicted molar refractivity (Wildman–Crippen MR) is 107 cm³/mol. The van der Waals surface area contributed by atoms with Gasteiger partial charge in [0.1, 0.15) is 12.3 Å². The molecular weight excluding hydrogens is 384 g/mol. The van der Waals surface area contributed by atoms with E-state index in [0.717, 1.165) is 32.9 Å². The molecule has 1 aliphatic rings. The highest BCUT2D eigenvalue weighted by Crippen LogP contribution is 2.32. The summed E-state index contributed by atoms with van der Waals surface area (Å²) in [6.07, 6.45) is 2.27. The molecular formula is C19H18N2O4S2. The Morgan fingerprint density at radius 1 is 1.22 bits per heavy atom. The number of benzene rings is 1. The van der Waals surface area contributed by atoms with E-state index in [1.807, 2.05) is 41.8 Å². The van der Waals surface area contributed by atoms with Crippen molar-refractivity contribution in [2.75, 3.05) is 20.2 Å². The highest BCUT2D eigenvalue weighted by molar-refractivity contribution is 8.18. The van der Waals surface area contributed by atoms with Gasteiger partial charge in [-0.05, 0) is 47.3 Å². The van der Waals surface area contributed by atoms with Gasteiger partial charge in [0.15, 0.2) is 0 Å². The Morgan fingerprint density at radius 2 is 2.04 bits per heavy atom. The number of ether oxygens (including phenoxy) is 1. The van der Waals surface area contributed by atoms with E-state index in [9.17, 15) is 14.4 Å². The maximum Gasteiger partial charge on any atom is 0.294 e. The number of amides is 3. The smallest absolute Gasteiger partial charge is 0.294 e. The lowest BCUT2D eigenvalue weighted by Crippen LogP contribution is -2.40. The Bertz CT molecular complexity index is 878. The van der Waals surface area contributed by atoms with Crippen LogP contribution in [0.25, 0.3) is 6.08 Å². The summed E-state index contributed by atoms with van der Waals surface area (Å²) >= 11 is 2.34. The second kappa shape index (κ2) is 8.88. The molecule has 0 radical (unpaired) electrons. The van der Waals surface area contributed by atoms with Crippen LogP contribution < -0.4 is 10.1 Å². The summed E-state index contributed by atoms with van der Waals surface area (Å²) in [6, 6.07) is 11.3. The number of thioether (sulfide) groups is 1. The Kier molecular flexibility index (Phi) is 6.31. The van der Waals surface area contributed by atoms with Gasteiger partial charge in [0.2, 0.25) is 5.91 Å². The molecule has 0 saturated carbocycles. The van der Waals surface area contributed by atoms with Crippen LogP contribution >= 0.6 is 23.1 Å². The first-order chi connectivity index (χ1) is 13.1. The van der Waals surface area contributed by atoms with E-state index < -0.39 is 11.1 Å². The third-order valence-corrected chi connectivity index (χ3v) is 5.63. The van der Waals surface area contributed by atoms with Crippen molar-refractivity contribution in [2.45, 2.75) is 6.42 Å². The molecule has 0 aliphatic carbocycles. The van der Waals surface area contributed by atoms with Gasteiger partial charge in [-0.2, -0.15) is 0 Å². The van der Waals surface area contributed by atoms with Crippen molar-refractivity contribution in [1.82, 2.24) is 10.2 Å². The van der Waals surface area contributed by atoms with Gasteiger partial charge in [0.05, 0.1) is 12.0 Å². The van der Waals surface area contributed by atoms with Gasteiger partial charge >= 0.3 is 0 Å². The van der Waals surface area contributed by atoms with Crippen LogP contribution in [-0.4, -0.2) is 42.2 Å². The number of carbonyl (C=O) groups is 3. The normalized spacial score (nSPS) is 15.4. The number of nitrogens with zero attached hydrogens (tertiary/aromatic N) is 1. The SMILES string of the molecule is COc1ccccc1CCNC(=O)CN1C(=O)S/C(=C\c2cccs2)C1=O. The minimum Gasteiger partial charge on any atom is -0.496 e. The monoisotopic (exact) mass is 402 g/mol. The molecule has 0 unspecified atom stereocenters. The first kappa shape index (κ1) is 19.2. The Balaban J connectivity index is 1.53. The number of para-hydroxylation sites is 1. The van der Waals surface area contributed by atoms with E-state index in [-0.39, 0.29) is 12.5 Å². The molecule has 6 nitrogen and oxygen atoms in total. The minimum absolute atomic E-state index is 0.279. The summed E-state index contributed by atoms with van der Waals surface area (Å²) in [5.41, 5.74) is 0.977. The van der Waals surface area contributed by atoms with Gasteiger partial charge < -0.3 is 10.1 Å². The molecule has 1 fully saturated rings. The minimum atomic E-state index is -0.432. The number of hydrogen-bond acceptors (Lipinski definition) is 6. The van der Waals surface area contributed by atoms with E-state index in [1.54, 1.807) is 13.2 Å². The number of thiophene rings is 1. The van der Waals surface area contributed by atoms with Gasteiger partial charge in [-0.3, -0.25) is 19.3 Å². The van der Waals surface area contributed by atoms with Crippen LogP contribution in [0.3, 0.4) is 0 Å². The highest BCUT2D eigenvalue weighted by Gasteiger charge is 2.36. The number of imide groups is 1. The molecule has 3 rings (SSSR count). The zero-order valence-corrected chi connectivity index (χ0v) is 16.3. The van der Waals surface area contributed by atoms with Gasteiger partial charge in [0.25, 0.3) is 11.1 Å². The van der Waals surface area contributed by atoms with Gasteiger partial charge in [0, 0.05) is 11.4 Å². The standard InChI is InChI=1S/C19H18N2O4S2/c1-25-15-7-3-2-5-13(15)8-9-20-17(22)12-21-18(23)16(27-19(21)24)11-14-6-4-10-26-14/h2-7,10-11H,8-9,12H2,1H3,(H,20,22)/b16-11-. The molecule has 1 saturated heterocycles. The zero-order chi connectivity index (χ0) is 19.2. The maximum atomic E-state index is 12.4. The average Bonchev–Trinajstić information content (AvgIpc) is 3.26. The molecule has 1 N–H and O–H groups in total. The molecule has 1 aromatic heterocycles. The van der Waals surface area contributed by atoms with Crippen LogP contribution in [-0.2, 0) is 16.0 Å². The van der Waals surface area contributed by atoms with E-state index in [1.165, 1.54) is 11.3 Å². The fourth-order valence-corrected chi connectivity index (χ4v) is 4.15. The average molecular weight is 402 g/mol. The van der Waals surface area contributed by atoms with Gasteiger partial charge in [-0.15, -0.1) is 11.3 Å². The fraction of sp³-hybridized carbons (Fsp3) is 0.211. The molecule has 2 aromatic rings. The van der Waals surface area contributed by atoms with Crippen LogP contribution in [0.5, 0.6) is 5.75 Å². The largest absolute Gasteiger partial charge is 0.496 e. The molecule has 0 atom stereocenters. The summed E-state index contributed by atoms with van der Waals surface area (Å²) in [5.74, 6) is -0.0424. The third kappa shape index (κ3) is 4.78. The Labute approximate surface area is 165 Å². The van der Waals surface area contributed by atoms with E-state index in [0.29, 0.717) is 17.9 Å². The second-order valence-electron chi connectivity index (χ2n) is 5.70. The summed E-state index contributed by atoms with van der Waals surface area (Å²) in [4.78, 5) is 38.8. The fourth-order valence-electron chi connectivity index (χ4n) is 2.58. The van der Waals surface area contributed by atoms with Crippen molar-refractivity contribution < 1.29 is 19.1 Å². The topological polar surface area (TPSA) is 75.7 Å². The molecule has 2 heterocycles. The van der Waals surface area contributed by atoms with Crippen LogP contribution in [0, 0.1) is 0 Å². The van der Waals surface area contributed by atoms with Crippen molar-refractivity contribution >= 4 is 46.2 Å². The number of hydrogen-bond donors (Lipinski definition) is 1. The van der Waals surface area contributed by atoms with Crippen molar-refractivity contribution in [3.05, 3.63) is 57.1 Å². The van der Waals surface area contributed by atoms with Gasteiger partial charge in [-0.1, -0.05) is 24.3 Å². The molecule has 1 aromatic carbocycles. The first-order valence-electron chi connectivity index (χ1n) is 8.26. The summed E-state index contributed by atoms with van der Waals surface area (Å²) < 4.78 is 5.27. The Hall–Kier alpha value is -2.58. The molecule has 8 heteroatoms. The van der Waals surface area contributed by atoms with Crippen molar-refractivity contribution in [3.63, 3.8) is 0 Å². The van der Waals surface area contributed by atoms with Crippen molar-refractivity contribution in [1.29, 1.82) is 0 Å². The van der Waals surface area contributed by atoms with Crippen molar-refractivity contribution in [3.8, 4) is 5.75 Å². The zero-order valence-electron chi connectivity index (χ0n) is 14.6. The number of carbonyl (C=O) groups excluding carboxylic acids is 3. The van der Waals surface area contributed by atoms with Crippen LogP contribution in [0.2, 0.25) is 0 Å². The lowest BCUT2D eigenvalue weighted by atomic mass is 10.1.